The number of aryl methyl sites for hydroxylation is 2. The van der Waals surface area contributed by atoms with E-state index in [0.717, 1.165) is 63.5 Å². The standard InChI is InChI=1S/C42H56N6/c1-7-9-23-47-37-19-13-11-17-33(37)35-25-31(45-39(29(3)4)41(35)47)27-43-21-15-16-22-44-28-32-26-36-34-18-12-14-20-38(34)48(24-10-8-2)42(36)40(46-32)30(5)6/h11-14,17-20,25-26,29-30,43-44H,7-10,15-16,21-24,27-28H2,1-6H3. The number of unbranched alkanes of at least 4 members (excludes halogenated alkanes) is 3. The van der Waals surface area contributed by atoms with Gasteiger partial charge in [-0.25, -0.2) is 0 Å². The summed E-state index contributed by atoms with van der Waals surface area (Å²) < 4.78 is 5.04. The van der Waals surface area contributed by atoms with Gasteiger partial charge in [-0.3, -0.25) is 9.97 Å². The van der Waals surface area contributed by atoms with Crippen LogP contribution in [0, 0.1) is 0 Å². The lowest BCUT2D eigenvalue weighted by Crippen LogP contribution is -2.20. The number of hydrogen-bond acceptors (Lipinski definition) is 4. The molecule has 0 aliphatic heterocycles. The fourth-order valence-electron chi connectivity index (χ4n) is 7.33. The highest BCUT2D eigenvalue weighted by Gasteiger charge is 2.19. The maximum absolute atomic E-state index is 5.22. The zero-order valence-corrected chi connectivity index (χ0v) is 30.2. The molecule has 0 bridgehead atoms. The second-order valence-electron chi connectivity index (χ2n) is 14.2. The number of para-hydroxylation sites is 2. The van der Waals surface area contributed by atoms with Gasteiger partial charge in [0.1, 0.15) is 0 Å². The van der Waals surface area contributed by atoms with Gasteiger partial charge in [0.2, 0.25) is 0 Å². The lowest BCUT2D eigenvalue weighted by Gasteiger charge is -2.15. The van der Waals surface area contributed by atoms with Gasteiger partial charge in [-0.1, -0.05) is 90.8 Å². The summed E-state index contributed by atoms with van der Waals surface area (Å²) in [6.07, 6.45) is 6.98. The van der Waals surface area contributed by atoms with Crippen LogP contribution in [-0.4, -0.2) is 32.2 Å². The predicted octanol–water partition coefficient (Wildman–Crippen LogP) is 10.2. The molecule has 6 aromatic rings. The van der Waals surface area contributed by atoms with Crippen molar-refractivity contribution in [2.24, 2.45) is 0 Å². The van der Waals surface area contributed by atoms with Crippen molar-refractivity contribution in [1.82, 2.24) is 29.7 Å². The van der Waals surface area contributed by atoms with Crippen LogP contribution >= 0.6 is 0 Å². The topological polar surface area (TPSA) is 59.7 Å². The maximum Gasteiger partial charge on any atom is 0.0713 e. The first kappa shape index (κ1) is 34.1. The molecule has 0 fully saturated rings. The number of nitrogens with zero attached hydrogens (tertiary/aromatic N) is 4. The van der Waals surface area contributed by atoms with Crippen LogP contribution < -0.4 is 10.6 Å². The van der Waals surface area contributed by atoms with Crippen molar-refractivity contribution in [3.05, 3.63) is 83.4 Å². The summed E-state index contributed by atoms with van der Waals surface area (Å²) in [6.45, 7) is 19.3. The molecule has 0 radical (unpaired) electrons. The first-order chi connectivity index (χ1) is 23.4. The number of fused-ring (bicyclic) bond motifs is 6. The van der Waals surface area contributed by atoms with E-state index in [9.17, 15) is 0 Å². The van der Waals surface area contributed by atoms with Gasteiger partial charge in [-0.15, -0.1) is 0 Å². The van der Waals surface area contributed by atoms with Crippen molar-refractivity contribution < 1.29 is 0 Å². The number of rotatable bonds is 17. The van der Waals surface area contributed by atoms with E-state index in [4.69, 9.17) is 9.97 Å². The Morgan fingerprint density at radius 3 is 1.38 bits per heavy atom. The fraction of sp³-hybridized carbons (Fsp3) is 0.476. The van der Waals surface area contributed by atoms with E-state index in [-0.39, 0.29) is 0 Å². The van der Waals surface area contributed by atoms with Crippen molar-refractivity contribution in [3.8, 4) is 0 Å². The van der Waals surface area contributed by atoms with Gasteiger partial charge in [0.15, 0.2) is 0 Å². The normalized spacial score (nSPS) is 12.2. The van der Waals surface area contributed by atoms with Crippen LogP contribution in [0.1, 0.15) is 115 Å². The molecule has 0 saturated heterocycles. The Kier molecular flexibility index (Phi) is 11.1. The van der Waals surface area contributed by atoms with Crippen molar-refractivity contribution in [2.75, 3.05) is 13.1 Å². The predicted molar refractivity (Wildman–Crippen MR) is 205 cm³/mol. The molecule has 2 aromatic carbocycles. The molecule has 6 rings (SSSR count). The molecule has 0 atom stereocenters. The summed E-state index contributed by atoms with van der Waals surface area (Å²) in [5.41, 5.74) is 10.0. The third-order valence-electron chi connectivity index (χ3n) is 9.79. The number of benzene rings is 2. The highest BCUT2D eigenvalue weighted by molar-refractivity contribution is 6.10. The van der Waals surface area contributed by atoms with Gasteiger partial charge in [0.25, 0.3) is 0 Å². The van der Waals surface area contributed by atoms with Gasteiger partial charge < -0.3 is 19.8 Å². The maximum atomic E-state index is 5.22. The van der Waals surface area contributed by atoms with Crippen LogP contribution in [-0.2, 0) is 26.2 Å². The van der Waals surface area contributed by atoms with Crippen LogP contribution in [0.2, 0.25) is 0 Å². The zero-order valence-electron chi connectivity index (χ0n) is 30.2. The lowest BCUT2D eigenvalue weighted by atomic mass is 10.0. The molecule has 0 spiro atoms. The molecule has 254 valence electrons. The third-order valence-corrected chi connectivity index (χ3v) is 9.79. The molecule has 0 saturated carbocycles. The number of aromatic nitrogens is 4. The van der Waals surface area contributed by atoms with E-state index in [0.29, 0.717) is 11.8 Å². The monoisotopic (exact) mass is 644 g/mol. The highest BCUT2D eigenvalue weighted by Crippen LogP contribution is 2.35. The average Bonchev–Trinajstić information content (AvgIpc) is 3.58. The Labute approximate surface area is 287 Å². The van der Waals surface area contributed by atoms with Gasteiger partial charge in [0, 0.05) is 58.8 Å². The van der Waals surface area contributed by atoms with Gasteiger partial charge >= 0.3 is 0 Å². The first-order valence-electron chi connectivity index (χ1n) is 18.7. The Morgan fingerprint density at radius 1 is 0.562 bits per heavy atom. The van der Waals surface area contributed by atoms with Crippen LogP contribution in [0.4, 0.5) is 0 Å². The van der Waals surface area contributed by atoms with Crippen LogP contribution in [0.3, 0.4) is 0 Å². The Morgan fingerprint density at radius 2 is 0.979 bits per heavy atom. The molecular weight excluding hydrogens is 589 g/mol. The number of pyridine rings is 2. The lowest BCUT2D eigenvalue weighted by molar-refractivity contribution is 0.574. The minimum Gasteiger partial charge on any atom is -0.339 e. The van der Waals surface area contributed by atoms with E-state index in [1.165, 1.54) is 80.7 Å². The molecule has 6 nitrogen and oxygen atoms in total. The van der Waals surface area contributed by atoms with Gasteiger partial charge in [0.05, 0.1) is 33.8 Å². The van der Waals surface area contributed by atoms with Crippen molar-refractivity contribution in [3.63, 3.8) is 0 Å². The van der Waals surface area contributed by atoms with E-state index < -0.39 is 0 Å². The molecule has 48 heavy (non-hydrogen) atoms. The summed E-state index contributed by atoms with van der Waals surface area (Å²) >= 11 is 0. The summed E-state index contributed by atoms with van der Waals surface area (Å²) in [5, 5.41) is 12.8. The summed E-state index contributed by atoms with van der Waals surface area (Å²) in [4.78, 5) is 10.4. The minimum atomic E-state index is 0.370. The fourth-order valence-corrected chi connectivity index (χ4v) is 7.33. The highest BCUT2D eigenvalue weighted by atomic mass is 15.0. The summed E-state index contributed by atoms with van der Waals surface area (Å²) in [6, 6.07) is 22.4. The smallest absolute Gasteiger partial charge is 0.0713 e. The Bertz CT molecular complexity index is 1830. The SMILES string of the molecule is CCCCn1c2ccccc2c2cc(CNCCCCNCc3cc4c5ccccc5n(CCCC)c4c(C(C)C)n3)nc(C(C)C)c21. The zero-order chi connectivity index (χ0) is 33.6. The second-order valence-corrected chi connectivity index (χ2v) is 14.2. The third kappa shape index (κ3) is 7.02. The Balaban J connectivity index is 1.07. The molecule has 2 N–H and O–H groups in total. The molecule has 0 aliphatic carbocycles. The summed E-state index contributed by atoms with van der Waals surface area (Å²) in [7, 11) is 0. The minimum absolute atomic E-state index is 0.370. The molecule has 4 aromatic heterocycles. The molecule has 0 unspecified atom stereocenters. The quantitative estimate of drug-likeness (QED) is 0.0970. The summed E-state index contributed by atoms with van der Waals surface area (Å²) in [5.74, 6) is 0.740. The van der Waals surface area contributed by atoms with Gasteiger partial charge in [-0.2, -0.15) is 0 Å². The molecule has 4 heterocycles. The van der Waals surface area contributed by atoms with E-state index >= 15 is 0 Å². The van der Waals surface area contributed by atoms with E-state index in [2.05, 4.69) is 122 Å². The van der Waals surface area contributed by atoms with Crippen LogP contribution in [0.15, 0.2) is 60.7 Å². The molecular formula is C42H56N6. The van der Waals surface area contributed by atoms with Gasteiger partial charge in [-0.05, 0) is 74.9 Å². The van der Waals surface area contributed by atoms with E-state index in [1.54, 1.807) is 0 Å². The number of nitrogens with one attached hydrogen (secondary N) is 2. The van der Waals surface area contributed by atoms with Crippen molar-refractivity contribution in [2.45, 2.75) is 118 Å². The van der Waals surface area contributed by atoms with Crippen molar-refractivity contribution >= 4 is 43.6 Å². The largest absolute Gasteiger partial charge is 0.339 e. The average molecular weight is 645 g/mol. The molecule has 0 amide bonds. The first-order valence-corrected chi connectivity index (χ1v) is 18.7. The second kappa shape index (κ2) is 15.7. The molecule has 0 aliphatic rings. The van der Waals surface area contributed by atoms with Crippen LogP contribution in [0.5, 0.6) is 0 Å². The van der Waals surface area contributed by atoms with E-state index in [1.807, 2.05) is 0 Å². The number of hydrogen-bond donors (Lipinski definition) is 2. The molecule has 6 heteroatoms. The van der Waals surface area contributed by atoms with Crippen molar-refractivity contribution in [1.29, 1.82) is 0 Å². The van der Waals surface area contributed by atoms with Crippen LogP contribution in [0.25, 0.3) is 43.6 Å². The Hall–Kier alpha value is -3.74.